The van der Waals surface area contributed by atoms with Crippen LogP contribution in [0.2, 0.25) is 5.02 Å². The Morgan fingerprint density at radius 2 is 1.71 bits per heavy atom. The molecule has 0 radical (unpaired) electrons. The normalized spacial score (nSPS) is 23.4. The smallest absolute Gasteiger partial charge is 0.249 e. The van der Waals surface area contributed by atoms with Crippen LogP contribution in [-0.2, 0) is 14.3 Å². The van der Waals surface area contributed by atoms with Crippen molar-refractivity contribution in [2.24, 2.45) is 5.92 Å². The summed E-state index contributed by atoms with van der Waals surface area (Å²) in [7, 11) is 1.46. The van der Waals surface area contributed by atoms with Crippen LogP contribution in [0.15, 0.2) is 72.1 Å². The van der Waals surface area contributed by atoms with Gasteiger partial charge in [-0.1, -0.05) is 60.1 Å². The first kappa shape index (κ1) is 26.6. The molecule has 1 aromatic heterocycles. The molecule has 198 valence electrons. The number of hydrogen-bond acceptors (Lipinski definition) is 6. The number of benzene rings is 2. The SMILES string of the molecule is COCC(=O)N1C(C(=O)N2CCNCC2)C(c2ccc(Cl)cc2)C(C(=O)c2ccccc2)C1c1cccs1. The summed E-state index contributed by atoms with van der Waals surface area (Å²) in [4.78, 5) is 46.7. The Labute approximate surface area is 231 Å². The van der Waals surface area contributed by atoms with E-state index in [1.807, 2.05) is 47.8 Å². The van der Waals surface area contributed by atoms with E-state index in [2.05, 4.69) is 5.32 Å². The van der Waals surface area contributed by atoms with Gasteiger partial charge in [0.2, 0.25) is 11.8 Å². The number of methoxy groups -OCH3 is 1. The first-order valence-corrected chi connectivity index (χ1v) is 13.9. The van der Waals surface area contributed by atoms with E-state index in [4.69, 9.17) is 16.3 Å². The highest BCUT2D eigenvalue weighted by Crippen LogP contribution is 2.52. The molecule has 38 heavy (non-hydrogen) atoms. The highest BCUT2D eigenvalue weighted by Gasteiger charge is 2.58. The molecule has 2 aromatic carbocycles. The highest BCUT2D eigenvalue weighted by molar-refractivity contribution is 7.10. The van der Waals surface area contributed by atoms with Crippen LogP contribution in [0.25, 0.3) is 0 Å². The Bertz CT molecular complexity index is 1260. The second kappa shape index (κ2) is 11.8. The maximum absolute atomic E-state index is 14.3. The number of carbonyl (C=O) groups excluding carboxylic acids is 3. The minimum Gasteiger partial charge on any atom is -0.375 e. The number of carbonyl (C=O) groups is 3. The zero-order valence-electron chi connectivity index (χ0n) is 21.1. The van der Waals surface area contributed by atoms with Gasteiger partial charge in [0.15, 0.2) is 5.78 Å². The van der Waals surface area contributed by atoms with Crippen LogP contribution in [0.5, 0.6) is 0 Å². The van der Waals surface area contributed by atoms with Crippen molar-refractivity contribution >= 4 is 40.5 Å². The van der Waals surface area contributed by atoms with Crippen LogP contribution in [0.3, 0.4) is 0 Å². The number of amides is 2. The molecule has 2 amide bonds. The molecule has 3 heterocycles. The third kappa shape index (κ3) is 5.14. The van der Waals surface area contributed by atoms with Crippen molar-refractivity contribution in [2.45, 2.75) is 18.0 Å². The van der Waals surface area contributed by atoms with E-state index in [9.17, 15) is 14.4 Å². The molecule has 0 spiro atoms. The van der Waals surface area contributed by atoms with Gasteiger partial charge >= 0.3 is 0 Å². The molecule has 5 rings (SSSR count). The Morgan fingerprint density at radius 3 is 2.34 bits per heavy atom. The molecule has 7 nitrogen and oxygen atoms in total. The monoisotopic (exact) mass is 551 g/mol. The third-order valence-electron chi connectivity index (χ3n) is 7.35. The molecule has 0 aliphatic carbocycles. The van der Waals surface area contributed by atoms with Crippen molar-refractivity contribution in [2.75, 3.05) is 39.9 Å². The van der Waals surface area contributed by atoms with Gasteiger partial charge in [-0.05, 0) is 29.1 Å². The van der Waals surface area contributed by atoms with Gasteiger partial charge in [0, 0.05) is 54.7 Å². The maximum atomic E-state index is 14.3. The molecule has 2 saturated heterocycles. The molecule has 2 aliphatic heterocycles. The lowest BCUT2D eigenvalue weighted by atomic mass is 9.77. The lowest BCUT2D eigenvalue weighted by Crippen LogP contribution is -2.55. The van der Waals surface area contributed by atoms with Crippen molar-refractivity contribution in [3.05, 3.63) is 93.1 Å². The fourth-order valence-electron chi connectivity index (χ4n) is 5.71. The van der Waals surface area contributed by atoms with Crippen molar-refractivity contribution in [3.63, 3.8) is 0 Å². The van der Waals surface area contributed by atoms with Gasteiger partial charge in [-0.3, -0.25) is 14.4 Å². The highest BCUT2D eigenvalue weighted by atomic mass is 35.5. The third-order valence-corrected chi connectivity index (χ3v) is 8.55. The lowest BCUT2D eigenvalue weighted by molar-refractivity contribution is -0.148. The minimum absolute atomic E-state index is 0.102. The fourth-order valence-corrected chi connectivity index (χ4v) is 6.71. The first-order valence-electron chi connectivity index (χ1n) is 12.7. The summed E-state index contributed by atoms with van der Waals surface area (Å²) in [5.41, 5.74) is 1.35. The minimum atomic E-state index is -0.873. The Morgan fingerprint density at radius 1 is 1.00 bits per heavy atom. The summed E-state index contributed by atoms with van der Waals surface area (Å²) in [6, 6.07) is 18.7. The summed E-state index contributed by atoms with van der Waals surface area (Å²) in [6.45, 7) is 2.24. The van der Waals surface area contributed by atoms with E-state index in [1.54, 1.807) is 34.1 Å². The van der Waals surface area contributed by atoms with Gasteiger partial charge in [-0.25, -0.2) is 0 Å². The van der Waals surface area contributed by atoms with Gasteiger partial charge in [0.25, 0.3) is 0 Å². The van der Waals surface area contributed by atoms with E-state index in [0.717, 1.165) is 10.4 Å². The van der Waals surface area contributed by atoms with Crippen molar-refractivity contribution in [1.82, 2.24) is 15.1 Å². The average Bonchev–Trinajstić information content (AvgIpc) is 3.60. The van der Waals surface area contributed by atoms with E-state index < -0.39 is 23.9 Å². The Balaban J connectivity index is 1.72. The molecular formula is C29H30ClN3O4S. The van der Waals surface area contributed by atoms with Crippen molar-refractivity contribution < 1.29 is 19.1 Å². The van der Waals surface area contributed by atoms with E-state index in [1.165, 1.54) is 18.4 Å². The molecule has 0 saturated carbocycles. The molecule has 4 atom stereocenters. The van der Waals surface area contributed by atoms with Crippen LogP contribution < -0.4 is 5.32 Å². The molecule has 4 unspecified atom stereocenters. The Kier molecular flexibility index (Phi) is 8.24. The number of nitrogens with one attached hydrogen (secondary N) is 1. The van der Waals surface area contributed by atoms with Gasteiger partial charge < -0.3 is 19.9 Å². The molecule has 2 aliphatic rings. The van der Waals surface area contributed by atoms with Gasteiger partial charge in [-0.2, -0.15) is 0 Å². The van der Waals surface area contributed by atoms with Crippen molar-refractivity contribution in [1.29, 1.82) is 0 Å². The molecule has 3 aromatic rings. The van der Waals surface area contributed by atoms with E-state index in [-0.39, 0.29) is 24.2 Å². The molecule has 0 bridgehead atoms. The summed E-state index contributed by atoms with van der Waals surface area (Å²) >= 11 is 7.72. The van der Waals surface area contributed by atoms with Crippen LogP contribution in [0, 0.1) is 5.92 Å². The van der Waals surface area contributed by atoms with Crippen LogP contribution in [0.4, 0.5) is 0 Å². The summed E-state index contributed by atoms with van der Waals surface area (Å²) in [5.74, 6) is -1.83. The second-order valence-electron chi connectivity index (χ2n) is 9.55. The lowest BCUT2D eigenvalue weighted by Gasteiger charge is -2.36. The maximum Gasteiger partial charge on any atom is 0.249 e. The number of hydrogen-bond donors (Lipinski definition) is 1. The number of rotatable bonds is 7. The van der Waals surface area contributed by atoms with Crippen molar-refractivity contribution in [3.8, 4) is 0 Å². The van der Waals surface area contributed by atoms with Gasteiger partial charge in [0.1, 0.15) is 12.6 Å². The number of Topliss-reactive ketones (excluding diaryl/α,β-unsaturated/α-hetero) is 1. The fraction of sp³-hybridized carbons (Fsp3) is 0.345. The number of ether oxygens (including phenoxy) is 1. The molecular weight excluding hydrogens is 522 g/mol. The average molecular weight is 552 g/mol. The summed E-state index contributed by atoms with van der Waals surface area (Å²) in [5, 5.41) is 5.77. The zero-order chi connectivity index (χ0) is 26.6. The standard InChI is InChI=1S/C29H30ClN3O4S/c1-37-18-23(34)33-26(22-8-5-17-38-22)25(28(35)20-6-3-2-4-7-20)24(19-9-11-21(30)12-10-19)27(33)29(36)32-15-13-31-14-16-32/h2-12,17,24-27,31H,13-16,18H2,1H3. The van der Waals surface area contributed by atoms with Crippen LogP contribution in [-0.4, -0.2) is 73.3 Å². The number of likely N-dealkylation sites (tertiary alicyclic amines) is 1. The van der Waals surface area contributed by atoms with Gasteiger partial charge in [0.05, 0.1) is 12.0 Å². The number of ketones is 1. The molecule has 9 heteroatoms. The van der Waals surface area contributed by atoms with Gasteiger partial charge in [-0.15, -0.1) is 11.3 Å². The topological polar surface area (TPSA) is 79.0 Å². The molecule has 1 N–H and O–H groups in total. The predicted octanol–water partition coefficient (Wildman–Crippen LogP) is 4.01. The van der Waals surface area contributed by atoms with Crippen LogP contribution in [0.1, 0.15) is 32.8 Å². The molecule has 2 fully saturated rings. The number of piperazine rings is 1. The number of nitrogens with zero attached hydrogens (tertiary/aromatic N) is 2. The van der Waals surface area contributed by atoms with E-state index >= 15 is 0 Å². The van der Waals surface area contributed by atoms with Crippen LogP contribution >= 0.6 is 22.9 Å². The first-order chi connectivity index (χ1) is 18.5. The number of thiophene rings is 1. The quantitative estimate of drug-likeness (QED) is 0.449. The number of halogens is 1. The summed E-state index contributed by atoms with van der Waals surface area (Å²) < 4.78 is 5.27. The zero-order valence-corrected chi connectivity index (χ0v) is 22.7. The largest absolute Gasteiger partial charge is 0.375 e. The Hall–Kier alpha value is -3.04. The second-order valence-corrected chi connectivity index (χ2v) is 11.0. The summed E-state index contributed by atoms with van der Waals surface area (Å²) in [6.07, 6.45) is 0. The van der Waals surface area contributed by atoms with E-state index in [0.29, 0.717) is 36.8 Å². The predicted molar refractivity (Wildman–Crippen MR) is 147 cm³/mol.